The van der Waals surface area contributed by atoms with Gasteiger partial charge in [-0.3, -0.25) is 0 Å². The molecule has 0 atom stereocenters. The van der Waals surface area contributed by atoms with Crippen LogP contribution < -0.4 is 0 Å². The summed E-state index contributed by atoms with van der Waals surface area (Å²) in [6.45, 7) is 4.51. The molecule has 0 radical (unpaired) electrons. The fraction of sp³-hybridized carbons (Fsp3) is 0.714. The number of rotatable bonds is 3. The monoisotopic (exact) mass is 222 g/mol. The SMILES string of the molecule is Cc1csc(CCC2CCCCC2)c1C. The first-order valence-corrected chi connectivity index (χ1v) is 7.19. The van der Waals surface area contributed by atoms with Gasteiger partial charge in [-0.25, -0.2) is 0 Å². The molecule has 2 rings (SSSR count). The third-order valence-electron chi connectivity index (χ3n) is 3.89. The normalized spacial score (nSPS) is 18.3. The van der Waals surface area contributed by atoms with Crippen molar-refractivity contribution in [3.63, 3.8) is 0 Å². The van der Waals surface area contributed by atoms with E-state index < -0.39 is 0 Å². The first-order chi connectivity index (χ1) is 7.27. The summed E-state index contributed by atoms with van der Waals surface area (Å²) in [5.74, 6) is 1.03. The van der Waals surface area contributed by atoms with E-state index in [4.69, 9.17) is 0 Å². The van der Waals surface area contributed by atoms with E-state index in [9.17, 15) is 0 Å². The smallest absolute Gasteiger partial charge is 0.00772 e. The van der Waals surface area contributed by atoms with Gasteiger partial charge in [0.05, 0.1) is 0 Å². The highest BCUT2D eigenvalue weighted by Gasteiger charge is 2.14. The quantitative estimate of drug-likeness (QED) is 0.684. The molecule has 0 spiro atoms. The lowest BCUT2D eigenvalue weighted by molar-refractivity contribution is 0.340. The maximum atomic E-state index is 2.31. The number of thiophene rings is 1. The summed E-state index contributed by atoms with van der Waals surface area (Å²) in [5.41, 5.74) is 3.04. The summed E-state index contributed by atoms with van der Waals surface area (Å²) >= 11 is 1.96. The number of aryl methyl sites for hydroxylation is 2. The van der Waals surface area contributed by atoms with Crippen LogP contribution in [0, 0.1) is 19.8 Å². The molecule has 84 valence electrons. The molecule has 1 aromatic heterocycles. The molecule has 0 saturated heterocycles. The van der Waals surface area contributed by atoms with E-state index >= 15 is 0 Å². The van der Waals surface area contributed by atoms with Gasteiger partial charge in [0.2, 0.25) is 0 Å². The Bertz CT molecular complexity index is 305. The molecular formula is C14H22S. The second-order valence-electron chi connectivity index (χ2n) is 5.01. The minimum Gasteiger partial charge on any atom is -0.148 e. The van der Waals surface area contributed by atoms with Crippen LogP contribution in [0.15, 0.2) is 5.38 Å². The Morgan fingerprint density at radius 3 is 2.53 bits per heavy atom. The Labute approximate surface area is 97.7 Å². The molecule has 0 amide bonds. The van der Waals surface area contributed by atoms with Gasteiger partial charge in [-0.15, -0.1) is 11.3 Å². The molecule has 1 aliphatic rings. The fourth-order valence-corrected chi connectivity index (χ4v) is 3.68. The zero-order valence-corrected chi connectivity index (χ0v) is 10.8. The van der Waals surface area contributed by atoms with Crippen LogP contribution in [0.4, 0.5) is 0 Å². The summed E-state index contributed by atoms with van der Waals surface area (Å²) in [6, 6.07) is 0. The lowest BCUT2D eigenvalue weighted by atomic mass is 9.86. The van der Waals surface area contributed by atoms with Gasteiger partial charge in [0.1, 0.15) is 0 Å². The predicted molar refractivity (Wildman–Crippen MR) is 68.7 cm³/mol. The molecule has 1 aliphatic carbocycles. The van der Waals surface area contributed by atoms with E-state index in [2.05, 4.69) is 19.2 Å². The Kier molecular flexibility index (Phi) is 3.85. The molecule has 0 bridgehead atoms. The van der Waals surface area contributed by atoms with Gasteiger partial charge >= 0.3 is 0 Å². The van der Waals surface area contributed by atoms with Crippen LogP contribution in [0.3, 0.4) is 0 Å². The minimum atomic E-state index is 1.03. The Balaban J connectivity index is 1.84. The second kappa shape index (κ2) is 5.16. The fourth-order valence-electron chi connectivity index (χ4n) is 2.61. The highest BCUT2D eigenvalue weighted by atomic mass is 32.1. The average Bonchev–Trinajstić information content (AvgIpc) is 2.59. The van der Waals surface area contributed by atoms with Gasteiger partial charge in [-0.1, -0.05) is 32.1 Å². The lowest BCUT2D eigenvalue weighted by Crippen LogP contribution is -2.07. The Morgan fingerprint density at radius 1 is 1.20 bits per heavy atom. The van der Waals surface area contributed by atoms with Crippen molar-refractivity contribution < 1.29 is 0 Å². The largest absolute Gasteiger partial charge is 0.148 e. The molecule has 0 N–H and O–H groups in total. The molecule has 1 heterocycles. The van der Waals surface area contributed by atoms with Crippen molar-refractivity contribution in [2.45, 2.75) is 58.8 Å². The van der Waals surface area contributed by atoms with Crippen molar-refractivity contribution >= 4 is 11.3 Å². The highest BCUT2D eigenvalue weighted by molar-refractivity contribution is 7.10. The van der Waals surface area contributed by atoms with E-state index in [0.717, 1.165) is 5.92 Å². The van der Waals surface area contributed by atoms with Crippen LogP contribution >= 0.6 is 11.3 Å². The molecule has 1 heteroatoms. The van der Waals surface area contributed by atoms with Gasteiger partial charge in [-0.2, -0.15) is 0 Å². The van der Waals surface area contributed by atoms with Crippen LogP contribution in [0.2, 0.25) is 0 Å². The molecule has 0 aromatic carbocycles. The molecule has 0 aliphatic heterocycles. The van der Waals surface area contributed by atoms with Crippen molar-refractivity contribution in [2.75, 3.05) is 0 Å². The van der Waals surface area contributed by atoms with Crippen LogP contribution in [0.25, 0.3) is 0 Å². The maximum absolute atomic E-state index is 2.31. The summed E-state index contributed by atoms with van der Waals surface area (Å²) < 4.78 is 0. The number of hydrogen-bond donors (Lipinski definition) is 0. The zero-order valence-electron chi connectivity index (χ0n) is 10.0. The number of hydrogen-bond acceptors (Lipinski definition) is 1. The first kappa shape index (κ1) is 11.2. The van der Waals surface area contributed by atoms with Gasteiger partial charge in [0.15, 0.2) is 0 Å². The Morgan fingerprint density at radius 2 is 1.93 bits per heavy atom. The topological polar surface area (TPSA) is 0 Å². The maximum Gasteiger partial charge on any atom is 0.00772 e. The van der Waals surface area contributed by atoms with Crippen molar-refractivity contribution in [3.8, 4) is 0 Å². The van der Waals surface area contributed by atoms with E-state index in [-0.39, 0.29) is 0 Å². The van der Waals surface area contributed by atoms with Gasteiger partial charge in [0.25, 0.3) is 0 Å². The molecule has 1 saturated carbocycles. The third-order valence-corrected chi connectivity index (χ3v) is 5.16. The van der Waals surface area contributed by atoms with Crippen molar-refractivity contribution in [3.05, 3.63) is 21.4 Å². The van der Waals surface area contributed by atoms with Gasteiger partial charge < -0.3 is 0 Å². The van der Waals surface area contributed by atoms with Crippen LogP contribution in [-0.4, -0.2) is 0 Å². The average molecular weight is 222 g/mol. The van der Waals surface area contributed by atoms with Crippen LogP contribution in [0.1, 0.15) is 54.5 Å². The molecule has 0 nitrogen and oxygen atoms in total. The van der Waals surface area contributed by atoms with Crippen LogP contribution in [0.5, 0.6) is 0 Å². The van der Waals surface area contributed by atoms with Crippen molar-refractivity contribution in [1.82, 2.24) is 0 Å². The molecule has 15 heavy (non-hydrogen) atoms. The highest BCUT2D eigenvalue weighted by Crippen LogP contribution is 2.30. The van der Waals surface area contributed by atoms with E-state index in [1.807, 2.05) is 11.3 Å². The molecule has 0 unspecified atom stereocenters. The molecular weight excluding hydrogens is 200 g/mol. The summed E-state index contributed by atoms with van der Waals surface area (Å²) in [7, 11) is 0. The summed E-state index contributed by atoms with van der Waals surface area (Å²) in [5, 5.41) is 2.31. The second-order valence-corrected chi connectivity index (χ2v) is 5.97. The van der Waals surface area contributed by atoms with Gasteiger partial charge in [0, 0.05) is 4.88 Å². The van der Waals surface area contributed by atoms with Crippen molar-refractivity contribution in [1.29, 1.82) is 0 Å². The summed E-state index contributed by atoms with van der Waals surface area (Å²) in [6.07, 6.45) is 10.2. The lowest BCUT2D eigenvalue weighted by Gasteiger charge is -2.21. The predicted octanol–water partition coefficient (Wildman–Crippen LogP) is 4.88. The molecule has 1 aromatic rings. The zero-order chi connectivity index (χ0) is 10.7. The first-order valence-electron chi connectivity index (χ1n) is 6.31. The van der Waals surface area contributed by atoms with Gasteiger partial charge in [-0.05, 0) is 49.1 Å². The summed E-state index contributed by atoms with van der Waals surface area (Å²) in [4.78, 5) is 1.64. The minimum absolute atomic E-state index is 1.03. The van der Waals surface area contributed by atoms with Crippen LogP contribution in [-0.2, 0) is 6.42 Å². The standard InChI is InChI=1S/C14H22S/c1-11-10-15-14(12(11)2)9-8-13-6-4-3-5-7-13/h10,13H,3-9H2,1-2H3. The molecule has 1 fully saturated rings. The Hall–Kier alpha value is -0.300. The third kappa shape index (κ3) is 2.84. The van der Waals surface area contributed by atoms with E-state index in [1.165, 1.54) is 50.5 Å². The van der Waals surface area contributed by atoms with E-state index in [0.29, 0.717) is 0 Å². The van der Waals surface area contributed by atoms with E-state index in [1.54, 1.807) is 10.4 Å². The van der Waals surface area contributed by atoms with Crippen molar-refractivity contribution in [2.24, 2.45) is 5.92 Å².